The fourth-order valence-electron chi connectivity index (χ4n) is 4.56. The third kappa shape index (κ3) is 6.43. The molecule has 0 saturated carbocycles. The molecule has 0 fully saturated rings. The van der Waals surface area contributed by atoms with Crippen molar-refractivity contribution in [1.82, 2.24) is 9.55 Å². The summed E-state index contributed by atoms with van der Waals surface area (Å²) >= 11 is 11.4. The SMILES string of the molecule is CCc1nc(Cl)c(C=C(Cc2cccs2)C(=O)O)n1Cc1ccc2oc(-c3ccccc3NS(=O)(=O)C(F)(F)F)c(Br)c2c1. The second-order valence-corrected chi connectivity index (χ2v) is 13.4. The van der Waals surface area contributed by atoms with E-state index in [0.717, 1.165) is 10.4 Å². The van der Waals surface area contributed by atoms with Gasteiger partial charge in [-0.05, 0) is 63.3 Å². The summed E-state index contributed by atoms with van der Waals surface area (Å²) in [6, 6.07) is 14.6. The number of hydrogen-bond donors (Lipinski definition) is 2. The Labute approximate surface area is 267 Å². The molecule has 0 amide bonds. The number of anilines is 1. The fourth-order valence-corrected chi connectivity index (χ4v) is 6.73. The second kappa shape index (κ2) is 12.4. The molecule has 0 spiro atoms. The van der Waals surface area contributed by atoms with Crippen LogP contribution in [-0.4, -0.2) is 34.6 Å². The van der Waals surface area contributed by atoms with Crippen LogP contribution in [0, 0.1) is 0 Å². The molecule has 230 valence electrons. The molecule has 0 bridgehead atoms. The molecule has 0 aliphatic heterocycles. The largest absolute Gasteiger partial charge is 0.516 e. The van der Waals surface area contributed by atoms with Gasteiger partial charge in [0.1, 0.15) is 11.4 Å². The van der Waals surface area contributed by atoms with Crippen molar-refractivity contribution < 1.29 is 35.9 Å². The number of para-hydroxylation sites is 1. The van der Waals surface area contributed by atoms with Gasteiger partial charge in [-0.2, -0.15) is 21.6 Å². The van der Waals surface area contributed by atoms with E-state index in [0.29, 0.717) is 33.4 Å². The highest BCUT2D eigenvalue weighted by Crippen LogP contribution is 2.42. The van der Waals surface area contributed by atoms with Crippen LogP contribution in [0.1, 0.15) is 28.9 Å². The molecule has 2 N–H and O–H groups in total. The molecule has 0 saturated heterocycles. The highest BCUT2D eigenvalue weighted by Gasteiger charge is 2.46. The Morgan fingerprint density at radius 1 is 1.20 bits per heavy atom. The topological polar surface area (TPSA) is 114 Å². The van der Waals surface area contributed by atoms with Crippen LogP contribution in [0.25, 0.3) is 28.4 Å². The van der Waals surface area contributed by atoms with E-state index >= 15 is 0 Å². The summed E-state index contributed by atoms with van der Waals surface area (Å²) in [5.41, 5.74) is -3.96. The number of sulfonamides is 1. The van der Waals surface area contributed by atoms with Gasteiger partial charge in [-0.25, -0.2) is 9.78 Å². The number of nitrogens with zero attached hydrogens (tertiary/aromatic N) is 2. The van der Waals surface area contributed by atoms with E-state index < -0.39 is 21.5 Å². The number of hydrogen-bond acceptors (Lipinski definition) is 6. The van der Waals surface area contributed by atoms with Crippen molar-refractivity contribution in [1.29, 1.82) is 0 Å². The molecule has 3 aromatic heterocycles. The number of halogens is 5. The van der Waals surface area contributed by atoms with E-state index in [9.17, 15) is 31.5 Å². The predicted octanol–water partition coefficient (Wildman–Crippen LogP) is 8.36. The van der Waals surface area contributed by atoms with Crippen LogP contribution in [0.5, 0.6) is 0 Å². The van der Waals surface area contributed by atoms with Gasteiger partial charge in [-0.15, -0.1) is 11.3 Å². The summed E-state index contributed by atoms with van der Waals surface area (Å²) in [5.74, 6) is -0.310. The molecule has 0 aliphatic carbocycles. The van der Waals surface area contributed by atoms with Crippen molar-refractivity contribution in [2.24, 2.45) is 0 Å². The van der Waals surface area contributed by atoms with Crippen LogP contribution in [0.4, 0.5) is 18.9 Å². The highest BCUT2D eigenvalue weighted by molar-refractivity contribution is 9.10. The molecule has 0 radical (unpaired) electrons. The lowest BCUT2D eigenvalue weighted by Gasteiger charge is -2.13. The fraction of sp³-hybridized carbons (Fsp3) is 0.172. The van der Waals surface area contributed by atoms with Gasteiger partial charge in [-0.1, -0.05) is 42.8 Å². The minimum atomic E-state index is -5.67. The lowest BCUT2D eigenvalue weighted by Crippen LogP contribution is -2.30. The van der Waals surface area contributed by atoms with Gasteiger partial charge in [0.15, 0.2) is 10.9 Å². The first-order valence-electron chi connectivity index (χ1n) is 12.9. The Bertz CT molecular complexity index is 2000. The predicted molar refractivity (Wildman–Crippen MR) is 167 cm³/mol. The van der Waals surface area contributed by atoms with Crippen LogP contribution in [0.3, 0.4) is 0 Å². The maximum Gasteiger partial charge on any atom is 0.516 e. The summed E-state index contributed by atoms with van der Waals surface area (Å²) in [6.07, 6.45) is 2.26. The van der Waals surface area contributed by atoms with Crippen molar-refractivity contribution in [2.45, 2.75) is 31.8 Å². The standard InChI is InChI=1S/C29H22BrClF3N3O5S2/c1-2-24-35-27(31)22(14-17(28(38)39)13-18-6-5-11-43-18)37(24)15-16-9-10-23-20(12-16)25(30)26(42-23)19-7-3-4-8-21(19)36-44(40,41)29(32,33)34/h3-12,14,36H,2,13,15H2,1H3,(H,38,39). The molecule has 5 aromatic rings. The van der Waals surface area contributed by atoms with Crippen LogP contribution < -0.4 is 4.72 Å². The molecule has 0 unspecified atom stereocenters. The van der Waals surface area contributed by atoms with Crippen LogP contribution >= 0.6 is 38.9 Å². The minimum Gasteiger partial charge on any atom is -0.478 e. The zero-order valence-electron chi connectivity index (χ0n) is 22.7. The molecule has 5 rings (SSSR count). The van der Waals surface area contributed by atoms with E-state index in [-0.39, 0.29) is 40.7 Å². The van der Waals surface area contributed by atoms with Gasteiger partial charge in [0.05, 0.1) is 15.9 Å². The monoisotopic (exact) mass is 727 g/mol. The summed E-state index contributed by atoms with van der Waals surface area (Å²) in [7, 11) is -5.67. The number of nitrogens with one attached hydrogen (secondary N) is 1. The van der Waals surface area contributed by atoms with Crippen molar-refractivity contribution >= 4 is 77.6 Å². The Kier molecular flexibility index (Phi) is 8.99. The maximum absolute atomic E-state index is 13.1. The molecule has 8 nitrogen and oxygen atoms in total. The van der Waals surface area contributed by atoms with Gasteiger partial charge in [0.25, 0.3) is 0 Å². The number of thiophene rings is 1. The first kappa shape index (κ1) is 31.8. The number of carboxylic acids is 1. The average molecular weight is 729 g/mol. The lowest BCUT2D eigenvalue weighted by molar-refractivity contribution is -0.132. The quantitative estimate of drug-likeness (QED) is 0.140. The Hall–Kier alpha value is -3.59. The van der Waals surface area contributed by atoms with Crippen molar-refractivity contribution in [3.8, 4) is 11.3 Å². The smallest absolute Gasteiger partial charge is 0.478 e. The van der Waals surface area contributed by atoms with Crippen LogP contribution in [0.15, 0.2) is 74.4 Å². The number of alkyl halides is 3. The Morgan fingerprint density at radius 3 is 2.61 bits per heavy atom. The average Bonchev–Trinajstić information content (AvgIpc) is 3.67. The summed E-state index contributed by atoms with van der Waals surface area (Å²) in [5, 5.41) is 12.5. The number of aromatic nitrogens is 2. The number of imidazole rings is 1. The number of rotatable bonds is 10. The van der Waals surface area contributed by atoms with Crippen molar-refractivity contribution in [3.63, 3.8) is 0 Å². The molecular weight excluding hydrogens is 707 g/mol. The number of furan rings is 1. The molecular formula is C29H22BrClF3N3O5S2. The normalized spacial score (nSPS) is 12.6. The van der Waals surface area contributed by atoms with Gasteiger partial charge in [0.2, 0.25) is 0 Å². The highest BCUT2D eigenvalue weighted by atomic mass is 79.9. The number of aliphatic carboxylic acids is 1. The summed E-state index contributed by atoms with van der Waals surface area (Å²) in [4.78, 5) is 17.4. The van der Waals surface area contributed by atoms with E-state index in [4.69, 9.17) is 16.0 Å². The number of carbonyl (C=O) groups is 1. The molecule has 2 aromatic carbocycles. The van der Waals surface area contributed by atoms with Crippen LogP contribution in [-0.2, 0) is 34.2 Å². The van der Waals surface area contributed by atoms with E-state index in [1.54, 1.807) is 29.0 Å². The first-order valence-corrected chi connectivity index (χ1v) is 16.4. The Morgan fingerprint density at radius 2 is 1.95 bits per heavy atom. The van der Waals surface area contributed by atoms with Crippen molar-refractivity contribution in [2.75, 3.05) is 4.72 Å². The minimum absolute atomic E-state index is 0.0963. The molecule has 15 heteroatoms. The zero-order chi connectivity index (χ0) is 31.8. The number of aryl methyl sites for hydroxylation is 1. The molecule has 0 aliphatic rings. The van der Waals surface area contributed by atoms with Crippen molar-refractivity contribution in [3.05, 3.63) is 97.1 Å². The maximum atomic E-state index is 13.1. The van der Waals surface area contributed by atoms with Gasteiger partial charge >= 0.3 is 21.5 Å². The Balaban J connectivity index is 1.53. The van der Waals surface area contributed by atoms with E-state index in [1.165, 1.54) is 35.6 Å². The second-order valence-electron chi connectivity index (χ2n) is 9.55. The number of carboxylic acid groups (broad SMARTS) is 1. The molecule has 0 atom stereocenters. The summed E-state index contributed by atoms with van der Waals surface area (Å²) < 4.78 is 72.6. The number of benzene rings is 2. The lowest BCUT2D eigenvalue weighted by atomic mass is 10.1. The van der Waals surface area contributed by atoms with Gasteiger partial charge in [-0.3, -0.25) is 4.72 Å². The van der Waals surface area contributed by atoms with Crippen LogP contribution in [0.2, 0.25) is 5.15 Å². The zero-order valence-corrected chi connectivity index (χ0v) is 26.6. The number of fused-ring (bicyclic) bond motifs is 1. The molecule has 44 heavy (non-hydrogen) atoms. The molecule has 3 heterocycles. The van der Waals surface area contributed by atoms with E-state index in [2.05, 4.69) is 20.9 Å². The third-order valence-corrected chi connectivity index (χ3v) is 9.68. The summed E-state index contributed by atoms with van der Waals surface area (Å²) in [6.45, 7) is 2.17. The van der Waals surface area contributed by atoms with Gasteiger partial charge < -0.3 is 14.1 Å². The first-order chi connectivity index (χ1) is 20.8. The van der Waals surface area contributed by atoms with E-state index in [1.807, 2.05) is 29.0 Å². The van der Waals surface area contributed by atoms with Gasteiger partial charge in [0, 0.05) is 40.8 Å². The third-order valence-electron chi connectivity index (χ3n) is 6.64.